The van der Waals surface area contributed by atoms with Gasteiger partial charge in [0.25, 0.3) is 0 Å². The molecule has 2 rings (SSSR count). The molecule has 0 saturated heterocycles. The minimum absolute atomic E-state index is 0.114. The van der Waals surface area contributed by atoms with E-state index in [-0.39, 0.29) is 12.3 Å². The van der Waals surface area contributed by atoms with Crippen molar-refractivity contribution in [2.75, 3.05) is 11.9 Å². The summed E-state index contributed by atoms with van der Waals surface area (Å²) in [6.45, 7) is 2.42. The first-order valence-corrected chi connectivity index (χ1v) is 7.23. The number of nitrogens with zero attached hydrogens (tertiary/aromatic N) is 1. The van der Waals surface area contributed by atoms with Crippen LogP contribution in [0.4, 0.5) is 5.69 Å². The van der Waals surface area contributed by atoms with E-state index in [1.807, 2.05) is 30.3 Å². The molecule has 1 N–H and O–H groups in total. The summed E-state index contributed by atoms with van der Waals surface area (Å²) in [6, 6.07) is 16.7. The number of anilines is 1. The Balaban J connectivity index is 1.78. The van der Waals surface area contributed by atoms with Gasteiger partial charge in [-0.3, -0.25) is 4.79 Å². The lowest BCUT2D eigenvalue weighted by Gasteiger charge is -2.08. The summed E-state index contributed by atoms with van der Waals surface area (Å²) >= 11 is 0. The number of nitrogens with one attached hydrogen (secondary N) is 1. The molecule has 0 aliphatic rings. The number of hydrogen-bond donors (Lipinski definition) is 1. The lowest BCUT2D eigenvalue weighted by molar-refractivity contribution is -0.116. The van der Waals surface area contributed by atoms with E-state index in [4.69, 9.17) is 10.00 Å². The molecule has 2 aromatic rings. The van der Waals surface area contributed by atoms with Crippen LogP contribution < -0.4 is 10.1 Å². The Morgan fingerprint density at radius 1 is 1.23 bits per heavy atom. The third-order valence-corrected chi connectivity index (χ3v) is 3.20. The zero-order chi connectivity index (χ0) is 15.8. The molecular weight excluding hydrogens is 276 g/mol. The van der Waals surface area contributed by atoms with Crippen molar-refractivity contribution in [3.05, 3.63) is 59.7 Å². The van der Waals surface area contributed by atoms with Crippen LogP contribution in [-0.4, -0.2) is 12.5 Å². The minimum Gasteiger partial charge on any atom is -0.493 e. The van der Waals surface area contributed by atoms with E-state index in [1.165, 1.54) is 5.56 Å². The molecule has 4 nitrogen and oxygen atoms in total. The predicted octanol–water partition coefficient (Wildman–Crippen LogP) is 3.53. The highest BCUT2D eigenvalue weighted by Gasteiger charge is 2.03. The standard InChI is InChI=1S/C18H18N2O2/c1-2-14-4-3-5-17(12-14)22-11-10-18(21)20-16-8-6-15(13-19)7-9-16/h3-9,12H,2,10-11H2,1H3,(H,20,21). The van der Waals surface area contributed by atoms with Gasteiger partial charge in [0.05, 0.1) is 24.7 Å². The van der Waals surface area contributed by atoms with Gasteiger partial charge in [-0.1, -0.05) is 19.1 Å². The molecule has 0 aliphatic heterocycles. The maximum atomic E-state index is 11.8. The summed E-state index contributed by atoms with van der Waals surface area (Å²) in [5.41, 5.74) is 2.45. The van der Waals surface area contributed by atoms with Gasteiger partial charge in [-0.05, 0) is 48.4 Å². The molecule has 0 aromatic heterocycles. The van der Waals surface area contributed by atoms with Gasteiger partial charge in [0.1, 0.15) is 5.75 Å². The van der Waals surface area contributed by atoms with Crippen LogP contribution in [0, 0.1) is 11.3 Å². The van der Waals surface area contributed by atoms with Crippen LogP contribution in [0.2, 0.25) is 0 Å². The van der Waals surface area contributed by atoms with Gasteiger partial charge in [0.15, 0.2) is 0 Å². The van der Waals surface area contributed by atoms with Gasteiger partial charge in [-0.2, -0.15) is 5.26 Å². The Morgan fingerprint density at radius 2 is 2.00 bits per heavy atom. The number of ether oxygens (including phenoxy) is 1. The zero-order valence-corrected chi connectivity index (χ0v) is 12.5. The smallest absolute Gasteiger partial charge is 0.227 e. The van der Waals surface area contributed by atoms with Crippen LogP contribution in [0.15, 0.2) is 48.5 Å². The number of rotatable bonds is 6. The molecule has 1 amide bonds. The summed E-state index contributed by atoms with van der Waals surface area (Å²) in [6.07, 6.45) is 1.23. The Labute approximate surface area is 130 Å². The summed E-state index contributed by atoms with van der Waals surface area (Å²) in [5, 5.41) is 11.5. The van der Waals surface area contributed by atoms with Crippen LogP contribution in [0.5, 0.6) is 5.75 Å². The van der Waals surface area contributed by atoms with E-state index in [0.29, 0.717) is 17.9 Å². The highest BCUT2D eigenvalue weighted by Crippen LogP contribution is 2.14. The monoisotopic (exact) mass is 294 g/mol. The molecule has 0 fully saturated rings. The van der Waals surface area contributed by atoms with Crippen LogP contribution in [0.3, 0.4) is 0 Å². The number of carbonyl (C=O) groups is 1. The maximum absolute atomic E-state index is 11.8. The van der Waals surface area contributed by atoms with Gasteiger partial charge in [-0.25, -0.2) is 0 Å². The second kappa shape index (κ2) is 7.84. The number of amides is 1. The molecule has 22 heavy (non-hydrogen) atoms. The Hall–Kier alpha value is -2.80. The van der Waals surface area contributed by atoms with Crippen molar-refractivity contribution in [1.82, 2.24) is 0 Å². The SMILES string of the molecule is CCc1cccc(OCCC(=O)Nc2ccc(C#N)cc2)c1. The van der Waals surface area contributed by atoms with Crippen LogP contribution in [0.1, 0.15) is 24.5 Å². The second-order valence-electron chi connectivity index (χ2n) is 4.84. The Morgan fingerprint density at radius 3 is 2.68 bits per heavy atom. The fourth-order valence-corrected chi connectivity index (χ4v) is 1.97. The average Bonchev–Trinajstić information content (AvgIpc) is 2.56. The molecule has 0 unspecified atom stereocenters. The highest BCUT2D eigenvalue weighted by atomic mass is 16.5. The topological polar surface area (TPSA) is 62.1 Å². The van der Waals surface area contributed by atoms with Crippen LogP contribution >= 0.6 is 0 Å². The van der Waals surface area contributed by atoms with Crippen molar-refractivity contribution in [2.45, 2.75) is 19.8 Å². The normalized spacial score (nSPS) is 9.82. The fourth-order valence-electron chi connectivity index (χ4n) is 1.97. The largest absolute Gasteiger partial charge is 0.493 e. The van der Waals surface area contributed by atoms with Gasteiger partial charge < -0.3 is 10.1 Å². The summed E-state index contributed by atoms with van der Waals surface area (Å²) < 4.78 is 5.59. The number of benzene rings is 2. The van der Waals surface area contributed by atoms with Gasteiger partial charge in [0.2, 0.25) is 5.91 Å². The van der Waals surface area contributed by atoms with Crippen molar-refractivity contribution in [1.29, 1.82) is 5.26 Å². The first kappa shape index (κ1) is 15.6. The third-order valence-electron chi connectivity index (χ3n) is 3.20. The first-order chi connectivity index (χ1) is 10.7. The zero-order valence-electron chi connectivity index (χ0n) is 12.5. The molecule has 0 bridgehead atoms. The minimum atomic E-state index is -0.114. The first-order valence-electron chi connectivity index (χ1n) is 7.23. The highest BCUT2D eigenvalue weighted by molar-refractivity contribution is 5.90. The Kier molecular flexibility index (Phi) is 5.56. The molecule has 0 spiro atoms. The van der Waals surface area contributed by atoms with E-state index >= 15 is 0 Å². The summed E-state index contributed by atoms with van der Waals surface area (Å²) in [7, 11) is 0. The molecular formula is C18H18N2O2. The number of aryl methyl sites for hydroxylation is 1. The molecule has 2 aromatic carbocycles. The molecule has 0 radical (unpaired) electrons. The maximum Gasteiger partial charge on any atom is 0.227 e. The van der Waals surface area contributed by atoms with Gasteiger partial charge in [-0.15, -0.1) is 0 Å². The molecule has 112 valence electrons. The third kappa shape index (κ3) is 4.64. The average molecular weight is 294 g/mol. The van der Waals surface area contributed by atoms with E-state index in [9.17, 15) is 4.79 Å². The van der Waals surface area contributed by atoms with E-state index in [1.54, 1.807) is 24.3 Å². The van der Waals surface area contributed by atoms with Crippen molar-refractivity contribution in [3.63, 3.8) is 0 Å². The summed E-state index contributed by atoms with van der Waals surface area (Å²) in [4.78, 5) is 11.8. The molecule has 0 atom stereocenters. The lowest BCUT2D eigenvalue weighted by Crippen LogP contribution is -2.15. The van der Waals surface area contributed by atoms with E-state index < -0.39 is 0 Å². The van der Waals surface area contributed by atoms with E-state index in [0.717, 1.165) is 12.2 Å². The second-order valence-corrected chi connectivity index (χ2v) is 4.84. The molecule has 0 heterocycles. The van der Waals surface area contributed by atoms with E-state index in [2.05, 4.69) is 12.2 Å². The molecule has 0 aliphatic carbocycles. The van der Waals surface area contributed by atoms with Crippen molar-refractivity contribution >= 4 is 11.6 Å². The van der Waals surface area contributed by atoms with Crippen LogP contribution in [0.25, 0.3) is 0 Å². The van der Waals surface area contributed by atoms with Crippen LogP contribution in [-0.2, 0) is 11.2 Å². The van der Waals surface area contributed by atoms with Crippen molar-refractivity contribution in [3.8, 4) is 11.8 Å². The predicted molar refractivity (Wildman–Crippen MR) is 85.7 cm³/mol. The lowest BCUT2D eigenvalue weighted by atomic mass is 10.2. The number of nitriles is 1. The summed E-state index contributed by atoms with van der Waals surface area (Å²) in [5.74, 6) is 0.668. The molecule has 0 saturated carbocycles. The fraction of sp³-hybridized carbons (Fsp3) is 0.222. The quantitative estimate of drug-likeness (QED) is 0.886. The number of hydrogen-bond acceptors (Lipinski definition) is 3. The Bertz CT molecular complexity index is 672. The molecule has 4 heteroatoms. The van der Waals surface area contributed by atoms with Crippen molar-refractivity contribution < 1.29 is 9.53 Å². The van der Waals surface area contributed by atoms with Crippen molar-refractivity contribution in [2.24, 2.45) is 0 Å². The van der Waals surface area contributed by atoms with Gasteiger partial charge >= 0.3 is 0 Å². The van der Waals surface area contributed by atoms with Gasteiger partial charge in [0, 0.05) is 5.69 Å². The number of carbonyl (C=O) groups excluding carboxylic acids is 1.